The van der Waals surface area contributed by atoms with Crippen LogP contribution in [0, 0.1) is 5.82 Å². The number of benzene rings is 2. The number of hydrogen-bond acceptors (Lipinski definition) is 1. The van der Waals surface area contributed by atoms with Gasteiger partial charge < -0.3 is 0 Å². The van der Waals surface area contributed by atoms with Crippen molar-refractivity contribution in [3.8, 4) is 0 Å². The minimum absolute atomic E-state index is 0.298. The van der Waals surface area contributed by atoms with E-state index in [0.717, 1.165) is 9.37 Å². The maximum atomic E-state index is 13.5. The molecule has 0 heterocycles. The molecule has 0 bridgehead atoms. The van der Waals surface area contributed by atoms with Gasteiger partial charge in [-0.05, 0) is 46.3 Å². The summed E-state index contributed by atoms with van der Waals surface area (Å²) in [5.74, 6) is -0.298. The molecule has 0 aliphatic carbocycles. The quantitative estimate of drug-likeness (QED) is 0.715. The summed E-state index contributed by atoms with van der Waals surface area (Å²) in [5, 5.41) is 0.411. The van der Waals surface area contributed by atoms with Crippen molar-refractivity contribution in [1.29, 1.82) is 0 Å². The Labute approximate surface area is 111 Å². The smallest absolute Gasteiger partial charge is 0.138 e. The van der Waals surface area contributed by atoms with E-state index in [1.165, 1.54) is 17.8 Å². The van der Waals surface area contributed by atoms with E-state index >= 15 is 0 Å². The average molecular weight is 318 g/mol. The summed E-state index contributed by atoms with van der Waals surface area (Å²) < 4.78 is 14.5. The first kappa shape index (κ1) is 12.0. The molecule has 0 aliphatic rings. The van der Waals surface area contributed by atoms with Gasteiger partial charge >= 0.3 is 0 Å². The zero-order chi connectivity index (χ0) is 11.5. The molecule has 4 heteroatoms. The van der Waals surface area contributed by atoms with Crippen molar-refractivity contribution in [2.24, 2.45) is 0 Å². The van der Waals surface area contributed by atoms with Gasteiger partial charge in [-0.3, -0.25) is 0 Å². The molecule has 0 saturated carbocycles. The zero-order valence-corrected chi connectivity index (χ0v) is 11.2. The molecule has 0 atom stereocenters. The van der Waals surface area contributed by atoms with Crippen molar-refractivity contribution in [2.45, 2.75) is 9.79 Å². The molecule has 82 valence electrons. The van der Waals surface area contributed by atoms with E-state index in [9.17, 15) is 4.39 Å². The standard InChI is InChI=1S/C12H7BrClFS/c13-9-3-1-2-4-11(9)16-12-6-5-8(14)7-10(12)15/h1-7H. The van der Waals surface area contributed by atoms with Crippen molar-refractivity contribution in [2.75, 3.05) is 0 Å². The Kier molecular flexibility index (Phi) is 3.90. The highest BCUT2D eigenvalue weighted by molar-refractivity contribution is 9.10. The summed E-state index contributed by atoms with van der Waals surface area (Å²) in [6, 6.07) is 12.4. The molecule has 0 amide bonds. The zero-order valence-electron chi connectivity index (χ0n) is 8.08. The van der Waals surface area contributed by atoms with Gasteiger partial charge in [-0.15, -0.1) is 0 Å². The second-order valence-electron chi connectivity index (χ2n) is 3.11. The SMILES string of the molecule is Fc1cc(Cl)ccc1Sc1ccccc1Br. The van der Waals surface area contributed by atoms with Crippen LogP contribution in [0.25, 0.3) is 0 Å². The van der Waals surface area contributed by atoms with Gasteiger partial charge in [0.1, 0.15) is 5.82 Å². The van der Waals surface area contributed by atoms with Crippen molar-refractivity contribution >= 4 is 39.3 Å². The lowest BCUT2D eigenvalue weighted by Gasteiger charge is -2.05. The van der Waals surface area contributed by atoms with Crippen LogP contribution in [-0.2, 0) is 0 Å². The van der Waals surface area contributed by atoms with E-state index < -0.39 is 0 Å². The molecule has 2 rings (SSSR count). The predicted molar refractivity (Wildman–Crippen MR) is 69.7 cm³/mol. The molecular weight excluding hydrogens is 311 g/mol. The highest BCUT2D eigenvalue weighted by atomic mass is 79.9. The molecule has 0 spiro atoms. The minimum Gasteiger partial charge on any atom is -0.206 e. The molecule has 0 unspecified atom stereocenters. The monoisotopic (exact) mass is 316 g/mol. The van der Waals surface area contributed by atoms with E-state index in [0.29, 0.717) is 9.92 Å². The number of rotatable bonds is 2. The van der Waals surface area contributed by atoms with Gasteiger partial charge in [-0.1, -0.05) is 35.5 Å². The third kappa shape index (κ3) is 2.78. The highest BCUT2D eigenvalue weighted by Crippen LogP contribution is 2.35. The van der Waals surface area contributed by atoms with E-state index in [4.69, 9.17) is 11.6 Å². The molecule has 16 heavy (non-hydrogen) atoms. The van der Waals surface area contributed by atoms with Crippen molar-refractivity contribution in [3.63, 3.8) is 0 Å². The van der Waals surface area contributed by atoms with E-state index in [1.54, 1.807) is 12.1 Å². The third-order valence-corrected chi connectivity index (χ3v) is 4.27. The van der Waals surface area contributed by atoms with Crippen LogP contribution < -0.4 is 0 Å². The lowest BCUT2D eigenvalue weighted by molar-refractivity contribution is 0.602. The highest BCUT2D eigenvalue weighted by Gasteiger charge is 2.06. The lowest BCUT2D eigenvalue weighted by Crippen LogP contribution is -1.81. The van der Waals surface area contributed by atoms with Gasteiger partial charge in [0.2, 0.25) is 0 Å². The first-order valence-corrected chi connectivity index (χ1v) is 6.53. The van der Waals surface area contributed by atoms with E-state index in [-0.39, 0.29) is 5.82 Å². The first-order valence-electron chi connectivity index (χ1n) is 4.54. The summed E-state index contributed by atoms with van der Waals surface area (Å²) in [7, 11) is 0. The van der Waals surface area contributed by atoms with Crippen molar-refractivity contribution < 1.29 is 4.39 Å². The summed E-state index contributed by atoms with van der Waals surface area (Å²) >= 11 is 10.5. The lowest BCUT2D eigenvalue weighted by atomic mass is 10.3. The van der Waals surface area contributed by atoms with Gasteiger partial charge in [-0.2, -0.15) is 0 Å². The normalized spacial score (nSPS) is 10.4. The molecule has 0 N–H and O–H groups in total. The second kappa shape index (κ2) is 5.21. The first-order chi connectivity index (χ1) is 7.66. The molecule has 0 fully saturated rings. The second-order valence-corrected chi connectivity index (χ2v) is 5.48. The molecule has 0 nitrogen and oxygen atoms in total. The largest absolute Gasteiger partial charge is 0.206 e. The molecule has 0 saturated heterocycles. The van der Waals surface area contributed by atoms with Crippen LogP contribution in [-0.4, -0.2) is 0 Å². The summed E-state index contributed by atoms with van der Waals surface area (Å²) in [5.41, 5.74) is 0. The fraction of sp³-hybridized carbons (Fsp3) is 0. The maximum absolute atomic E-state index is 13.5. The fourth-order valence-electron chi connectivity index (χ4n) is 1.20. The third-order valence-electron chi connectivity index (χ3n) is 1.95. The van der Waals surface area contributed by atoms with Crippen LogP contribution in [0.2, 0.25) is 5.02 Å². The maximum Gasteiger partial charge on any atom is 0.138 e. The van der Waals surface area contributed by atoms with Gasteiger partial charge in [0.25, 0.3) is 0 Å². The topological polar surface area (TPSA) is 0 Å². The van der Waals surface area contributed by atoms with Crippen molar-refractivity contribution in [3.05, 3.63) is 57.8 Å². The fourth-order valence-corrected chi connectivity index (χ4v) is 2.73. The summed E-state index contributed by atoms with van der Waals surface area (Å²) in [6.07, 6.45) is 0. The molecular formula is C12H7BrClFS. The van der Waals surface area contributed by atoms with Gasteiger partial charge in [0, 0.05) is 19.3 Å². The molecule has 0 aromatic heterocycles. The van der Waals surface area contributed by atoms with Gasteiger partial charge in [0.15, 0.2) is 0 Å². The van der Waals surface area contributed by atoms with Crippen LogP contribution in [0.15, 0.2) is 56.7 Å². The Morgan fingerprint density at radius 3 is 2.50 bits per heavy atom. The Bertz CT molecular complexity index is 516. The van der Waals surface area contributed by atoms with Crippen LogP contribution >= 0.6 is 39.3 Å². The van der Waals surface area contributed by atoms with Crippen LogP contribution in [0.1, 0.15) is 0 Å². The Hall–Kier alpha value is -0.510. The molecule has 2 aromatic carbocycles. The van der Waals surface area contributed by atoms with Crippen LogP contribution in [0.4, 0.5) is 4.39 Å². The Balaban J connectivity index is 2.31. The van der Waals surface area contributed by atoms with Crippen molar-refractivity contribution in [1.82, 2.24) is 0 Å². The van der Waals surface area contributed by atoms with Gasteiger partial charge in [-0.25, -0.2) is 4.39 Å². The Morgan fingerprint density at radius 1 is 1.06 bits per heavy atom. The van der Waals surface area contributed by atoms with E-state index in [1.807, 2.05) is 24.3 Å². The number of hydrogen-bond donors (Lipinski definition) is 0. The predicted octanol–water partition coefficient (Wildman–Crippen LogP) is 5.39. The van der Waals surface area contributed by atoms with Gasteiger partial charge in [0.05, 0.1) is 0 Å². The van der Waals surface area contributed by atoms with E-state index in [2.05, 4.69) is 15.9 Å². The summed E-state index contributed by atoms with van der Waals surface area (Å²) in [4.78, 5) is 1.54. The average Bonchev–Trinajstić information content (AvgIpc) is 2.25. The summed E-state index contributed by atoms with van der Waals surface area (Å²) in [6.45, 7) is 0. The van der Waals surface area contributed by atoms with Crippen LogP contribution in [0.3, 0.4) is 0 Å². The molecule has 2 aromatic rings. The molecule has 0 aliphatic heterocycles. The van der Waals surface area contributed by atoms with Crippen LogP contribution in [0.5, 0.6) is 0 Å². The number of halogens is 3. The molecule has 0 radical (unpaired) electrons. The Morgan fingerprint density at radius 2 is 1.81 bits per heavy atom. The minimum atomic E-state index is -0.298.